The molecular formula is C19H21N7OS. The largest absolute Gasteiger partial charge is 0.347 e. The molecule has 0 spiro atoms. The normalized spacial score (nSPS) is 15.8. The second-order valence-corrected chi connectivity index (χ2v) is 8.32. The van der Waals surface area contributed by atoms with Crippen molar-refractivity contribution < 1.29 is 4.52 Å². The molecule has 0 saturated carbocycles. The Kier molecular flexibility index (Phi) is 4.31. The Morgan fingerprint density at radius 2 is 1.93 bits per heavy atom. The molecule has 0 radical (unpaired) electrons. The molecule has 0 unspecified atom stereocenters. The summed E-state index contributed by atoms with van der Waals surface area (Å²) in [5.74, 6) is 2.20. The third kappa shape index (κ3) is 3.15. The number of rotatable bonds is 4. The monoisotopic (exact) mass is 395 g/mol. The van der Waals surface area contributed by atoms with E-state index >= 15 is 0 Å². The van der Waals surface area contributed by atoms with Gasteiger partial charge in [-0.3, -0.25) is 4.98 Å². The molecule has 1 fully saturated rings. The van der Waals surface area contributed by atoms with Crippen LogP contribution in [-0.2, 0) is 0 Å². The van der Waals surface area contributed by atoms with Crippen molar-refractivity contribution in [3.63, 3.8) is 0 Å². The zero-order valence-electron chi connectivity index (χ0n) is 15.8. The number of anilines is 1. The number of fused-ring (bicyclic) bond motifs is 1. The van der Waals surface area contributed by atoms with Gasteiger partial charge in [0.15, 0.2) is 5.82 Å². The molecule has 28 heavy (non-hydrogen) atoms. The number of hydrogen-bond donors (Lipinski definition) is 0. The van der Waals surface area contributed by atoms with E-state index in [0.29, 0.717) is 11.8 Å². The molecule has 5 heterocycles. The predicted octanol–water partition coefficient (Wildman–Crippen LogP) is 3.74. The average Bonchev–Trinajstić information content (AvgIpc) is 3.43. The molecule has 144 valence electrons. The van der Waals surface area contributed by atoms with E-state index in [2.05, 4.69) is 33.9 Å². The highest BCUT2D eigenvalue weighted by Crippen LogP contribution is 2.32. The minimum Gasteiger partial charge on any atom is -0.347 e. The van der Waals surface area contributed by atoms with Crippen molar-refractivity contribution in [1.82, 2.24) is 29.7 Å². The molecule has 8 nitrogen and oxygen atoms in total. The van der Waals surface area contributed by atoms with Crippen LogP contribution in [0.25, 0.3) is 16.2 Å². The smallest absolute Gasteiger partial charge is 0.229 e. The average molecular weight is 395 g/mol. The Balaban J connectivity index is 1.28. The molecule has 0 amide bonds. The summed E-state index contributed by atoms with van der Waals surface area (Å²) in [6.07, 6.45) is 7.51. The zero-order chi connectivity index (χ0) is 19.1. The predicted molar refractivity (Wildman–Crippen MR) is 107 cm³/mol. The molecule has 4 aromatic rings. The van der Waals surface area contributed by atoms with Crippen molar-refractivity contribution in [2.75, 3.05) is 18.0 Å². The third-order valence-corrected chi connectivity index (χ3v) is 6.08. The first-order valence-corrected chi connectivity index (χ1v) is 10.3. The molecule has 0 atom stereocenters. The fourth-order valence-corrected chi connectivity index (χ4v) is 4.38. The minimum absolute atomic E-state index is 0.293. The highest BCUT2D eigenvalue weighted by Gasteiger charge is 2.27. The number of piperidine rings is 1. The third-order valence-electron chi connectivity index (χ3n) is 5.10. The maximum Gasteiger partial charge on any atom is 0.229 e. The summed E-state index contributed by atoms with van der Waals surface area (Å²) in [5, 5.41) is 9.85. The molecular weight excluding hydrogens is 374 g/mol. The topological polar surface area (TPSA) is 85.2 Å². The number of hydrogen-bond acceptors (Lipinski definition) is 8. The van der Waals surface area contributed by atoms with Crippen LogP contribution in [0.15, 0.2) is 35.2 Å². The highest BCUT2D eigenvalue weighted by atomic mass is 32.1. The van der Waals surface area contributed by atoms with E-state index in [1.807, 2.05) is 22.8 Å². The van der Waals surface area contributed by atoms with Crippen LogP contribution in [0.1, 0.15) is 50.2 Å². The lowest BCUT2D eigenvalue weighted by atomic mass is 9.97. The van der Waals surface area contributed by atoms with E-state index in [1.165, 1.54) is 0 Å². The minimum atomic E-state index is 0.293. The van der Waals surface area contributed by atoms with Gasteiger partial charge in [0.2, 0.25) is 16.0 Å². The Morgan fingerprint density at radius 1 is 1.14 bits per heavy atom. The fraction of sp³-hybridized carbons (Fsp3) is 0.421. The van der Waals surface area contributed by atoms with E-state index in [0.717, 1.165) is 59.0 Å². The molecule has 0 aliphatic carbocycles. The first-order chi connectivity index (χ1) is 13.7. The van der Waals surface area contributed by atoms with Gasteiger partial charge in [0.25, 0.3) is 0 Å². The van der Waals surface area contributed by atoms with Crippen LogP contribution in [0.4, 0.5) is 5.13 Å². The van der Waals surface area contributed by atoms with Gasteiger partial charge in [0, 0.05) is 42.9 Å². The van der Waals surface area contributed by atoms with Crippen molar-refractivity contribution in [3.8, 4) is 11.3 Å². The van der Waals surface area contributed by atoms with Gasteiger partial charge in [0.05, 0.1) is 11.9 Å². The lowest BCUT2D eigenvalue weighted by Crippen LogP contribution is -2.33. The van der Waals surface area contributed by atoms with Gasteiger partial charge in [-0.1, -0.05) is 30.3 Å². The van der Waals surface area contributed by atoms with Crippen LogP contribution in [0.3, 0.4) is 0 Å². The van der Waals surface area contributed by atoms with Crippen LogP contribution in [0, 0.1) is 0 Å². The van der Waals surface area contributed by atoms with Crippen molar-refractivity contribution >= 4 is 21.4 Å². The van der Waals surface area contributed by atoms with Gasteiger partial charge in [-0.2, -0.15) is 4.98 Å². The molecule has 9 heteroatoms. The Bertz CT molecular complexity index is 1040. The van der Waals surface area contributed by atoms with Crippen LogP contribution in [-0.4, -0.2) is 42.8 Å². The number of aromatic nitrogens is 6. The number of imidazole rings is 1. The lowest BCUT2D eigenvalue weighted by Gasteiger charge is -2.29. The maximum absolute atomic E-state index is 5.49. The van der Waals surface area contributed by atoms with Gasteiger partial charge in [-0.25, -0.2) is 9.50 Å². The Morgan fingerprint density at radius 3 is 2.61 bits per heavy atom. The molecule has 1 saturated heterocycles. The highest BCUT2D eigenvalue weighted by molar-refractivity contribution is 7.20. The summed E-state index contributed by atoms with van der Waals surface area (Å²) in [6.45, 7) is 6.02. The summed E-state index contributed by atoms with van der Waals surface area (Å²) < 4.78 is 7.36. The zero-order valence-corrected chi connectivity index (χ0v) is 16.6. The second-order valence-electron chi connectivity index (χ2n) is 7.38. The fourth-order valence-electron chi connectivity index (χ4n) is 3.44. The van der Waals surface area contributed by atoms with Crippen LogP contribution < -0.4 is 4.90 Å². The first kappa shape index (κ1) is 17.3. The van der Waals surface area contributed by atoms with E-state index < -0.39 is 0 Å². The van der Waals surface area contributed by atoms with E-state index in [9.17, 15) is 0 Å². The molecule has 4 aromatic heterocycles. The molecule has 1 aliphatic heterocycles. The summed E-state index contributed by atoms with van der Waals surface area (Å²) in [7, 11) is 0. The van der Waals surface area contributed by atoms with Crippen molar-refractivity contribution in [2.45, 2.75) is 38.5 Å². The van der Waals surface area contributed by atoms with E-state index in [-0.39, 0.29) is 0 Å². The molecule has 0 N–H and O–H groups in total. The molecule has 5 rings (SSSR count). The van der Waals surface area contributed by atoms with Crippen molar-refractivity contribution in [3.05, 3.63) is 42.4 Å². The van der Waals surface area contributed by atoms with Crippen LogP contribution >= 0.6 is 11.3 Å². The van der Waals surface area contributed by atoms with Crippen LogP contribution in [0.5, 0.6) is 0 Å². The quantitative estimate of drug-likeness (QED) is 0.520. The summed E-state index contributed by atoms with van der Waals surface area (Å²) in [4.78, 5) is 16.6. The first-order valence-electron chi connectivity index (χ1n) is 9.52. The van der Waals surface area contributed by atoms with Gasteiger partial charge in [-0.15, -0.1) is 5.10 Å². The number of nitrogens with zero attached hydrogens (tertiary/aromatic N) is 7. The van der Waals surface area contributed by atoms with Crippen LogP contribution in [0.2, 0.25) is 0 Å². The number of pyridine rings is 1. The maximum atomic E-state index is 5.49. The van der Waals surface area contributed by atoms with Gasteiger partial charge in [-0.05, 0) is 25.0 Å². The molecule has 0 aromatic carbocycles. The summed E-state index contributed by atoms with van der Waals surface area (Å²) in [6, 6.07) is 3.92. The Hall–Kier alpha value is -2.81. The SMILES string of the molecule is CC(C)c1noc(C2CCN(c3nn4cc(-c5ccncc5)nc4s3)CC2)n1. The lowest BCUT2D eigenvalue weighted by molar-refractivity contribution is 0.326. The molecule has 1 aliphatic rings. The second kappa shape index (κ2) is 6.97. The van der Waals surface area contributed by atoms with E-state index in [4.69, 9.17) is 14.6 Å². The van der Waals surface area contributed by atoms with Crippen molar-refractivity contribution in [2.24, 2.45) is 0 Å². The standard InChI is InChI=1S/C19H21N7OS/c1-12(2)16-22-17(27-24-16)14-5-9-25(10-6-14)19-23-26-11-15(21-18(26)28-19)13-3-7-20-8-4-13/h3-4,7-8,11-12,14H,5-6,9-10H2,1-2H3. The summed E-state index contributed by atoms with van der Waals surface area (Å²) >= 11 is 1.62. The van der Waals surface area contributed by atoms with Crippen molar-refractivity contribution in [1.29, 1.82) is 0 Å². The van der Waals surface area contributed by atoms with Gasteiger partial charge >= 0.3 is 0 Å². The van der Waals surface area contributed by atoms with Gasteiger partial charge in [0.1, 0.15) is 0 Å². The Labute approximate surface area is 166 Å². The molecule has 0 bridgehead atoms. The van der Waals surface area contributed by atoms with Gasteiger partial charge < -0.3 is 9.42 Å². The summed E-state index contributed by atoms with van der Waals surface area (Å²) in [5.41, 5.74) is 1.97. The van der Waals surface area contributed by atoms with E-state index in [1.54, 1.807) is 23.7 Å².